The molecule has 0 saturated carbocycles. The number of nitrogens with two attached hydrogens (primary N) is 1. The van der Waals surface area contributed by atoms with Crippen molar-refractivity contribution in [1.82, 2.24) is 0 Å². The van der Waals surface area contributed by atoms with E-state index in [2.05, 4.69) is 0 Å². The molecule has 0 atom stereocenters. The monoisotopic (exact) mass is 207 g/mol. The molecule has 1 aromatic rings. The number of hydrogen-bond donors (Lipinski definition) is 2. The molecule has 4 nitrogen and oxygen atoms in total. The highest BCUT2D eigenvalue weighted by Crippen LogP contribution is 2.12. The number of carboxylic acid groups (broad SMARTS) is 1. The molecule has 1 aromatic carbocycles. The highest BCUT2D eigenvalue weighted by Gasteiger charge is 2.11. The fraction of sp³-hybridized carbons (Fsp3) is 0.273. The van der Waals surface area contributed by atoms with Crippen molar-refractivity contribution >= 4 is 11.8 Å². The molecule has 0 saturated heterocycles. The molecule has 3 N–H and O–H groups in total. The highest BCUT2D eigenvalue weighted by atomic mass is 16.4. The van der Waals surface area contributed by atoms with Crippen molar-refractivity contribution in [2.24, 2.45) is 5.73 Å². The van der Waals surface area contributed by atoms with Gasteiger partial charge in [0.25, 0.3) is 0 Å². The van der Waals surface area contributed by atoms with Gasteiger partial charge < -0.3 is 10.8 Å². The van der Waals surface area contributed by atoms with E-state index in [-0.39, 0.29) is 24.3 Å². The van der Waals surface area contributed by atoms with Gasteiger partial charge in [-0.15, -0.1) is 0 Å². The van der Waals surface area contributed by atoms with Gasteiger partial charge in [0, 0.05) is 12.0 Å². The number of benzene rings is 1. The Bertz CT molecular complexity index is 399. The third-order valence-corrected chi connectivity index (χ3v) is 2.16. The van der Waals surface area contributed by atoms with E-state index in [1.54, 1.807) is 19.1 Å². The summed E-state index contributed by atoms with van der Waals surface area (Å²) in [6.07, 6.45) is 0.238. The van der Waals surface area contributed by atoms with Gasteiger partial charge in [-0.3, -0.25) is 4.79 Å². The maximum atomic E-state index is 11.5. The summed E-state index contributed by atoms with van der Waals surface area (Å²) < 4.78 is 0. The number of carboxylic acids is 1. The largest absolute Gasteiger partial charge is 0.478 e. The second-order valence-corrected chi connectivity index (χ2v) is 3.30. The second kappa shape index (κ2) is 4.70. The molecule has 1 rings (SSSR count). The molecule has 0 aliphatic rings. The summed E-state index contributed by atoms with van der Waals surface area (Å²) in [7, 11) is 0. The Labute approximate surface area is 87.7 Å². The molecule has 4 heteroatoms. The van der Waals surface area contributed by atoms with Crippen LogP contribution in [0.25, 0.3) is 0 Å². The first-order valence-electron chi connectivity index (χ1n) is 4.63. The lowest BCUT2D eigenvalue weighted by Gasteiger charge is -2.04. The summed E-state index contributed by atoms with van der Waals surface area (Å²) in [5.74, 6) is -1.14. The normalized spacial score (nSPS) is 10.0. The van der Waals surface area contributed by atoms with E-state index >= 15 is 0 Å². The summed E-state index contributed by atoms with van der Waals surface area (Å²) in [4.78, 5) is 22.3. The molecule has 0 fully saturated rings. The van der Waals surface area contributed by atoms with Gasteiger partial charge in [0.2, 0.25) is 0 Å². The standard InChI is InChI=1S/C11H13NO3/c1-7-2-3-8(10(13)4-5-12)6-9(7)11(14)15/h2-3,6H,4-5,12H2,1H3,(H,14,15). The minimum Gasteiger partial charge on any atom is -0.478 e. The van der Waals surface area contributed by atoms with Crippen molar-refractivity contribution in [2.75, 3.05) is 6.54 Å². The van der Waals surface area contributed by atoms with Gasteiger partial charge in [-0.1, -0.05) is 12.1 Å². The molecule has 15 heavy (non-hydrogen) atoms. The van der Waals surface area contributed by atoms with Crippen molar-refractivity contribution in [3.05, 3.63) is 34.9 Å². The molecule has 0 radical (unpaired) electrons. The first-order valence-corrected chi connectivity index (χ1v) is 4.63. The van der Waals surface area contributed by atoms with E-state index in [1.165, 1.54) is 6.07 Å². The fourth-order valence-electron chi connectivity index (χ4n) is 1.30. The molecule has 0 heterocycles. The predicted molar refractivity (Wildman–Crippen MR) is 56.1 cm³/mol. The number of hydrogen-bond acceptors (Lipinski definition) is 3. The van der Waals surface area contributed by atoms with Gasteiger partial charge in [0.15, 0.2) is 5.78 Å². The first-order chi connectivity index (χ1) is 7.06. The van der Waals surface area contributed by atoms with Crippen LogP contribution < -0.4 is 5.73 Å². The van der Waals surface area contributed by atoms with Crippen molar-refractivity contribution in [3.8, 4) is 0 Å². The lowest BCUT2D eigenvalue weighted by atomic mass is 10.0. The predicted octanol–water partition coefficient (Wildman–Crippen LogP) is 1.22. The van der Waals surface area contributed by atoms with Gasteiger partial charge in [0.1, 0.15) is 0 Å². The zero-order chi connectivity index (χ0) is 11.4. The smallest absolute Gasteiger partial charge is 0.335 e. The van der Waals surface area contributed by atoms with Gasteiger partial charge in [0.05, 0.1) is 5.56 Å². The third kappa shape index (κ3) is 2.63. The van der Waals surface area contributed by atoms with E-state index in [0.29, 0.717) is 11.1 Å². The highest BCUT2D eigenvalue weighted by molar-refractivity contribution is 5.99. The number of carbonyl (C=O) groups excluding carboxylic acids is 1. The number of rotatable bonds is 4. The maximum absolute atomic E-state index is 11.5. The maximum Gasteiger partial charge on any atom is 0.335 e. The summed E-state index contributed by atoms with van der Waals surface area (Å²) in [6.45, 7) is 1.97. The van der Waals surface area contributed by atoms with E-state index < -0.39 is 5.97 Å². The summed E-state index contributed by atoms with van der Waals surface area (Å²) in [5, 5.41) is 8.87. The third-order valence-electron chi connectivity index (χ3n) is 2.16. The SMILES string of the molecule is Cc1ccc(C(=O)CCN)cc1C(=O)O. The van der Waals surface area contributed by atoms with Gasteiger partial charge in [-0.25, -0.2) is 4.79 Å². The molecule has 80 valence electrons. The fourth-order valence-corrected chi connectivity index (χ4v) is 1.30. The summed E-state index contributed by atoms with van der Waals surface area (Å²) in [6, 6.07) is 4.66. The first kappa shape index (κ1) is 11.4. The minimum absolute atomic E-state index is 0.125. The van der Waals surface area contributed by atoms with Crippen molar-refractivity contribution < 1.29 is 14.7 Å². The van der Waals surface area contributed by atoms with E-state index in [1.807, 2.05) is 0 Å². The number of aromatic carboxylic acids is 1. The molecule has 0 spiro atoms. The van der Waals surface area contributed by atoms with Crippen LogP contribution in [0.3, 0.4) is 0 Å². The van der Waals surface area contributed by atoms with Crippen LogP contribution in [-0.4, -0.2) is 23.4 Å². The van der Waals surface area contributed by atoms with E-state index in [9.17, 15) is 9.59 Å². The van der Waals surface area contributed by atoms with Crippen LogP contribution in [0, 0.1) is 6.92 Å². The molecule has 0 aliphatic heterocycles. The average molecular weight is 207 g/mol. The van der Waals surface area contributed by atoms with Crippen LogP contribution in [0.1, 0.15) is 32.7 Å². The van der Waals surface area contributed by atoms with Crippen molar-refractivity contribution in [3.63, 3.8) is 0 Å². The second-order valence-electron chi connectivity index (χ2n) is 3.30. The van der Waals surface area contributed by atoms with E-state index in [0.717, 1.165) is 0 Å². The molecular weight excluding hydrogens is 194 g/mol. The zero-order valence-electron chi connectivity index (χ0n) is 8.49. The topological polar surface area (TPSA) is 80.4 Å². The summed E-state index contributed by atoms with van der Waals surface area (Å²) in [5.41, 5.74) is 6.47. The average Bonchev–Trinajstić information content (AvgIpc) is 2.18. The van der Waals surface area contributed by atoms with Gasteiger partial charge >= 0.3 is 5.97 Å². The van der Waals surface area contributed by atoms with Crippen LogP contribution in [0.5, 0.6) is 0 Å². The van der Waals surface area contributed by atoms with Gasteiger partial charge in [-0.2, -0.15) is 0 Å². The van der Waals surface area contributed by atoms with Crippen molar-refractivity contribution in [2.45, 2.75) is 13.3 Å². The Hall–Kier alpha value is -1.68. The zero-order valence-corrected chi connectivity index (χ0v) is 8.49. The molecule has 0 amide bonds. The van der Waals surface area contributed by atoms with Crippen LogP contribution in [-0.2, 0) is 0 Å². The van der Waals surface area contributed by atoms with Crippen LogP contribution >= 0.6 is 0 Å². The Morgan fingerprint density at radius 2 is 2.07 bits per heavy atom. The Kier molecular flexibility index (Phi) is 3.57. The number of aryl methyl sites for hydroxylation is 1. The number of ketones is 1. The molecule has 0 unspecified atom stereocenters. The van der Waals surface area contributed by atoms with Crippen LogP contribution in [0.15, 0.2) is 18.2 Å². The molecule has 0 bridgehead atoms. The lowest BCUT2D eigenvalue weighted by Crippen LogP contribution is -2.09. The van der Waals surface area contributed by atoms with Crippen molar-refractivity contribution in [1.29, 1.82) is 0 Å². The Morgan fingerprint density at radius 3 is 2.60 bits per heavy atom. The number of Topliss-reactive ketones (excluding diaryl/α,β-unsaturated/α-hetero) is 1. The van der Waals surface area contributed by atoms with E-state index in [4.69, 9.17) is 10.8 Å². The number of carbonyl (C=O) groups is 2. The molecule has 0 aliphatic carbocycles. The Morgan fingerprint density at radius 1 is 1.40 bits per heavy atom. The molecule has 0 aromatic heterocycles. The quantitative estimate of drug-likeness (QED) is 0.727. The summed E-state index contributed by atoms with van der Waals surface area (Å²) >= 11 is 0. The minimum atomic E-state index is -1.02. The Balaban J connectivity index is 3.07. The van der Waals surface area contributed by atoms with Crippen LogP contribution in [0.4, 0.5) is 0 Å². The molecular formula is C11H13NO3. The lowest BCUT2D eigenvalue weighted by molar-refractivity contribution is 0.0696. The van der Waals surface area contributed by atoms with Gasteiger partial charge in [-0.05, 0) is 25.1 Å². The van der Waals surface area contributed by atoms with Crippen LogP contribution in [0.2, 0.25) is 0 Å².